The summed E-state index contributed by atoms with van der Waals surface area (Å²) in [5.74, 6) is 0.00290. The van der Waals surface area contributed by atoms with Gasteiger partial charge in [-0.3, -0.25) is 19.2 Å². The van der Waals surface area contributed by atoms with E-state index in [2.05, 4.69) is 10.4 Å². The van der Waals surface area contributed by atoms with Crippen LogP contribution in [-0.4, -0.2) is 37.2 Å². The van der Waals surface area contributed by atoms with Crippen molar-refractivity contribution in [2.75, 3.05) is 17.8 Å². The van der Waals surface area contributed by atoms with Gasteiger partial charge in [0.05, 0.1) is 0 Å². The second-order valence-electron chi connectivity index (χ2n) is 8.94. The molecule has 4 N–H and O–H groups in total. The number of nitrogens with two attached hydrogens (primary N) is 1. The van der Waals surface area contributed by atoms with Gasteiger partial charge in [-0.1, -0.05) is 20.8 Å². The van der Waals surface area contributed by atoms with Crippen LogP contribution in [0.5, 0.6) is 0 Å². The highest BCUT2D eigenvalue weighted by Crippen LogP contribution is 2.19. The van der Waals surface area contributed by atoms with Gasteiger partial charge in [-0.25, -0.2) is 9.36 Å². The number of anilines is 1. The van der Waals surface area contributed by atoms with E-state index in [9.17, 15) is 14.7 Å². The Hall–Kier alpha value is -3.17. The summed E-state index contributed by atoms with van der Waals surface area (Å²) in [6.07, 6.45) is 4.90. The maximum atomic E-state index is 13.3. The van der Waals surface area contributed by atoms with E-state index < -0.39 is 17.3 Å². The molecule has 2 aromatic rings. The molecule has 1 saturated carbocycles. The lowest BCUT2D eigenvalue weighted by atomic mass is 9.97. The summed E-state index contributed by atoms with van der Waals surface area (Å²) in [4.78, 5) is 26.5. The van der Waals surface area contributed by atoms with Crippen molar-refractivity contribution in [3.63, 3.8) is 0 Å². The van der Waals surface area contributed by atoms with Crippen LogP contribution in [0, 0.1) is 5.41 Å². The molecular formula is C19H27N7O3. The molecule has 1 fully saturated rings. The maximum absolute atomic E-state index is 13.3. The molecule has 10 nitrogen and oxygen atoms in total. The van der Waals surface area contributed by atoms with Crippen LogP contribution in [-0.2, 0) is 6.54 Å². The van der Waals surface area contributed by atoms with Gasteiger partial charge in [-0.2, -0.15) is 5.10 Å². The Morgan fingerprint density at radius 3 is 2.55 bits per heavy atom. The van der Waals surface area contributed by atoms with Crippen LogP contribution in [0.1, 0.15) is 39.8 Å². The van der Waals surface area contributed by atoms with E-state index in [1.807, 2.05) is 20.8 Å². The summed E-state index contributed by atoms with van der Waals surface area (Å²) < 4.78 is 4.58. The van der Waals surface area contributed by atoms with Gasteiger partial charge in [0.1, 0.15) is 11.3 Å². The minimum Gasteiger partial charge on any atom is -0.494 e. The van der Waals surface area contributed by atoms with Crippen LogP contribution in [0.25, 0.3) is 12.0 Å². The fraction of sp³-hybridized carbons (Fsp3) is 0.526. The van der Waals surface area contributed by atoms with Gasteiger partial charge in [-0.05, 0) is 18.3 Å². The quantitative estimate of drug-likeness (QED) is 0.586. The van der Waals surface area contributed by atoms with E-state index in [-0.39, 0.29) is 22.6 Å². The lowest BCUT2D eigenvalue weighted by Crippen LogP contribution is -2.62. The van der Waals surface area contributed by atoms with Crippen molar-refractivity contribution in [2.45, 2.75) is 52.4 Å². The summed E-state index contributed by atoms with van der Waals surface area (Å²) in [7, 11) is 1.73. The normalized spacial score (nSPS) is 19.7. The van der Waals surface area contributed by atoms with Crippen LogP contribution in [0.3, 0.4) is 0 Å². The molecule has 0 bridgehead atoms. The molecule has 1 aliphatic carbocycles. The fourth-order valence-corrected chi connectivity index (χ4v) is 3.55. The SMILES string of the molecule is CN1C(n2ccc(N)n2)C=c2n(CC(C)(C)C)c(=O)c(=C(O)NC3CC3)c(=O)n21. The van der Waals surface area contributed by atoms with E-state index in [1.54, 1.807) is 39.6 Å². The number of aliphatic hydroxyl groups is 1. The Morgan fingerprint density at radius 2 is 2.00 bits per heavy atom. The molecule has 1 unspecified atom stereocenters. The minimum absolute atomic E-state index is 0.104. The molecule has 4 rings (SSSR count). The summed E-state index contributed by atoms with van der Waals surface area (Å²) in [6, 6.07) is 1.77. The first-order valence-corrected chi connectivity index (χ1v) is 9.68. The first-order valence-electron chi connectivity index (χ1n) is 9.68. The van der Waals surface area contributed by atoms with E-state index in [1.165, 1.54) is 4.68 Å². The molecule has 1 aliphatic heterocycles. The van der Waals surface area contributed by atoms with Crippen molar-refractivity contribution in [1.29, 1.82) is 0 Å². The number of fused-ring (bicyclic) bond motifs is 1. The Bertz CT molecular complexity index is 1190. The van der Waals surface area contributed by atoms with Crippen molar-refractivity contribution in [1.82, 2.24) is 24.3 Å². The zero-order valence-corrected chi connectivity index (χ0v) is 17.1. The Morgan fingerprint density at radius 1 is 1.31 bits per heavy atom. The van der Waals surface area contributed by atoms with Gasteiger partial charge in [0.25, 0.3) is 11.1 Å². The molecule has 0 aromatic carbocycles. The number of hydrogen-bond donors (Lipinski definition) is 3. The lowest BCUT2D eigenvalue weighted by molar-refractivity contribution is 0.323. The van der Waals surface area contributed by atoms with Crippen molar-refractivity contribution in [3.8, 4) is 0 Å². The molecular weight excluding hydrogens is 374 g/mol. The average Bonchev–Trinajstić information content (AvgIpc) is 3.20. The summed E-state index contributed by atoms with van der Waals surface area (Å²) in [6.45, 7) is 6.41. The maximum Gasteiger partial charge on any atom is 0.289 e. The van der Waals surface area contributed by atoms with Crippen molar-refractivity contribution in [2.24, 2.45) is 5.41 Å². The molecule has 2 aliphatic rings. The number of nitrogens with one attached hydrogen (secondary N) is 1. The third-order valence-corrected chi connectivity index (χ3v) is 5.04. The van der Waals surface area contributed by atoms with Gasteiger partial charge in [0.15, 0.2) is 11.4 Å². The van der Waals surface area contributed by atoms with E-state index >= 15 is 0 Å². The third kappa shape index (κ3) is 3.39. The van der Waals surface area contributed by atoms with E-state index in [0.29, 0.717) is 17.8 Å². The lowest BCUT2D eigenvalue weighted by Gasteiger charge is -2.25. The van der Waals surface area contributed by atoms with E-state index in [4.69, 9.17) is 5.73 Å². The molecule has 0 radical (unpaired) electrons. The van der Waals surface area contributed by atoms with Crippen LogP contribution in [0.15, 0.2) is 21.9 Å². The van der Waals surface area contributed by atoms with Crippen molar-refractivity contribution < 1.29 is 5.11 Å². The molecule has 29 heavy (non-hydrogen) atoms. The van der Waals surface area contributed by atoms with Crippen molar-refractivity contribution >= 4 is 17.8 Å². The number of rotatable bonds is 4. The van der Waals surface area contributed by atoms with Crippen LogP contribution in [0.4, 0.5) is 5.82 Å². The predicted molar refractivity (Wildman–Crippen MR) is 110 cm³/mol. The number of nitrogens with zero attached hydrogens (tertiary/aromatic N) is 5. The van der Waals surface area contributed by atoms with Gasteiger partial charge < -0.3 is 16.2 Å². The summed E-state index contributed by atoms with van der Waals surface area (Å²) in [5.41, 5.74) is 4.91. The molecule has 156 valence electrons. The largest absolute Gasteiger partial charge is 0.494 e. The Kier molecular flexibility index (Phi) is 4.25. The van der Waals surface area contributed by atoms with Crippen LogP contribution < -0.4 is 37.9 Å². The minimum atomic E-state index is -0.567. The van der Waals surface area contributed by atoms with Crippen LogP contribution >= 0.6 is 0 Å². The molecule has 3 heterocycles. The second kappa shape index (κ2) is 6.43. The highest BCUT2D eigenvalue weighted by Gasteiger charge is 2.30. The van der Waals surface area contributed by atoms with Gasteiger partial charge in [0, 0.05) is 38.0 Å². The molecule has 1 atom stereocenters. The number of hydrogen-bond acceptors (Lipinski definition) is 7. The van der Waals surface area contributed by atoms with Gasteiger partial charge in [0.2, 0.25) is 5.88 Å². The van der Waals surface area contributed by atoms with Crippen LogP contribution in [0.2, 0.25) is 0 Å². The highest BCUT2D eigenvalue weighted by molar-refractivity contribution is 5.37. The fourth-order valence-electron chi connectivity index (χ4n) is 3.55. The number of aromatic nitrogens is 4. The smallest absolute Gasteiger partial charge is 0.289 e. The summed E-state index contributed by atoms with van der Waals surface area (Å²) >= 11 is 0. The standard InChI is InChI=1S/C19H27N7O3/c1-19(2,3)10-24-14-9-13(25-8-7-12(20)22-25)23(4)26(14)18(29)15(17(24)28)16(27)21-11-5-6-11/h7-9,11,13,21,27H,5-6,10H2,1-4H3,(H2,20,22). The first kappa shape index (κ1) is 19.2. The molecule has 0 amide bonds. The second-order valence-corrected chi connectivity index (χ2v) is 8.94. The Labute approximate surface area is 167 Å². The third-order valence-electron chi connectivity index (χ3n) is 5.04. The molecule has 2 aromatic heterocycles. The highest BCUT2D eigenvalue weighted by atomic mass is 16.3. The van der Waals surface area contributed by atoms with E-state index in [0.717, 1.165) is 12.8 Å². The Balaban J connectivity index is 1.99. The first-order chi connectivity index (χ1) is 13.6. The number of aliphatic hydroxyl groups excluding tert-OH is 1. The van der Waals surface area contributed by atoms with Crippen molar-refractivity contribution in [3.05, 3.63) is 43.7 Å². The zero-order chi connectivity index (χ0) is 21.1. The van der Waals surface area contributed by atoms with Gasteiger partial charge in [-0.15, -0.1) is 0 Å². The molecule has 10 heteroatoms. The summed E-state index contributed by atoms with van der Waals surface area (Å²) in [5, 5.41) is 19.1. The monoisotopic (exact) mass is 401 g/mol. The topological polar surface area (TPSA) is 123 Å². The average molecular weight is 401 g/mol. The molecule has 0 saturated heterocycles. The van der Waals surface area contributed by atoms with Gasteiger partial charge >= 0.3 is 0 Å². The predicted octanol–water partition coefficient (Wildman–Crippen LogP) is -1.23. The zero-order valence-electron chi connectivity index (χ0n) is 17.1. The molecule has 0 spiro atoms. The number of nitrogen functional groups attached to an aromatic ring is 1.